The third-order valence-corrected chi connectivity index (χ3v) is 3.21. The van der Waals surface area contributed by atoms with Crippen LogP contribution >= 0.6 is 27.3 Å². The van der Waals surface area contributed by atoms with Crippen molar-refractivity contribution in [2.24, 2.45) is 0 Å². The van der Waals surface area contributed by atoms with E-state index in [1.807, 2.05) is 0 Å². The van der Waals surface area contributed by atoms with Crippen molar-refractivity contribution < 1.29 is 0 Å². The summed E-state index contributed by atoms with van der Waals surface area (Å²) in [6.07, 6.45) is 2.20. The minimum absolute atomic E-state index is 0.956. The molecular weight excluding hydrogens is 246 g/mol. The van der Waals surface area contributed by atoms with Crippen LogP contribution in [0.2, 0.25) is 0 Å². The lowest BCUT2D eigenvalue weighted by atomic mass is 10.3. The summed E-state index contributed by atoms with van der Waals surface area (Å²) in [5.74, 6) is 0. The van der Waals surface area contributed by atoms with E-state index in [0.29, 0.717) is 0 Å². The molecule has 1 heterocycles. The van der Waals surface area contributed by atoms with E-state index in [4.69, 9.17) is 0 Å². The highest BCUT2D eigenvalue weighted by Crippen LogP contribution is 2.21. The second kappa shape index (κ2) is 5.58. The number of thiophene rings is 1. The van der Waals surface area contributed by atoms with Crippen molar-refractivity contribution in [1.82, 2.24) is 5.32 Å². The van der Waals surface area contributed by atoms with E-state index in [1.54, 1.807) is 11.3 Å². The average molecular weight is 260 g/mol. The molecule has 0 aromatic carbocycles. The fraction of sp³-hybridized carbons (Fsp3) is 0.400. The third kappa shape index (κ3) is 4.60. The Kier molecular flexibility index (Phi) is 4.70. The Morgan fingerprint density at radius 3 is 2.85 bits per heavy atom. The van der Waals surface area contributed by atoms with Crippen molar-refractivity contribution in [3.63, 3.8) is 0 Å². The first-order valence-electron chi connectivity index (χ1n) is 4.27. The molecule has 1 N–H and O–H groups in total. The SMILES string of the molecule is CC(C)=CCNCc1ccc(Br)s1. The predicted octanol–water partition coefficient (Wildman–Crippen LogP) is 3.57. The first-order valence-corrected chi connectivity index (χ1v) is 5.87. The van der Waals surface area contributed by atoms with Gasteiger partial charge >= 0.3 is 0 Å². The van der Waals surface area contributed by atoms with Crippen molar-refractivity contribution in [1.29, 1.82) is 0 Å². The van der Waals surface area contributed by atoms with Crippen molar-refractivity contribution in [3.05, 3.63) is 32.4 Å². The van der Waals surface area contributed by atoms with Gasteiger partial charge in [0.15, 0.2) is 0 Å². The zero-order chi connectivity index (χ0) is 9.68. The van der Waals surface area contributed by atoms with Gasteiger partial charge in [-0.05, 0) is 41.9 Å². The number of hydrogen-bond acceptors (Lipinski definition) is 2. The zero-order valence-corrected chi connectivity index (χ0v) is 10.3. The van der Waals surface area contributed by atoms with Gasteiger partial charge in [0.25, 0.3) is 0 Å². The maximum Gasteiger partial charge on any atom is 0.0701 e. The van der Waals surface area contributed by atoms with Gasteiger partial charge in [-0.3, -0.25) is 0 Å². The van der Waals surface area contributed by atoms with Gasteiger partial charge in [-0.25, -0.2) is 0 Å². The first kappa shape index (κ1) is 11.0. The summed E-state index contributed by atoms with van der Waals surface area (Å²) in [6, 6.07) is 4.23. The van der Waals surface area contributed by atoms with Crippen molar-refractivity contribution in [2.75, 3.05) is 6.54 Å². The lowest BCUT2D eigenvalue weighted by Crippen LogP contribution is -2.11. The molecular formula is C10H14BrNS. The molecule has 0 spiro atoms. The molecule has 0 aliphatic heterocycles. The maximum atomic E-state index is 3.44. The van der Waals surface area contributed by atoms with Gasteiger partial charge in [0.05, 0.1) is 3.79 Å². The fourth-order valence-corrected chi connectivity index (χ4v) is 2.37. The Hall–Kier alpha value is -0.120. The smallest absolute Gasteiger partial charge is 0.0701 e. The van der Waals surface area contributed by atoms with E-state index in [0.717, 1.165) is 13.1 Å². The van der Waals surface area contributed by atoms with E-state index in [-0.39, 0.29) is 0 Å². The van der Waals surface area contributed by atoms with Crippen LogP contribution in [0.3, 0.4) is 0 Å². The molecule has 3 heteroatoms. The largest absolute Gasteiger partial charge is 0.308 e. The molecule has 13 heavy (non-hydrogen) atoms. The second-order valence-corrected chi connectivity index (χ2v) is 5.67. The van der Waals surface area contributed by atoms with Gasteiger partial charge < -0.3 is 5.32 Å². The number of allylic oxidation sites excluding steroid dienone is 1. The molecule has 1 rings (SSSR count). The standard InChI is InChI=1S/C10H14BrNS/c1-8(2)5-6-12-7-9-3-4-10(11)13-9/h3-5,12H,6-7H2,1-2H3. The van der Waals surface area contributed by atoms with E-state index < -0.39 is 0 Å². The van der Waals surface area contributed by atoms with Crippen LogP contribution in [0.4, 0.5) is 0 Å². The lowest BCUT2D eigenvalue weighted by molar-refractivity contribution is 0.767. The number of halogens is 1. The van der Waals surface area contributed by atoms with E-state index >= 15 is 0 Å². The summed E-state index contributed by atoms with van der Waals surface area (Å²) in [4.78, 5) is 1.37. The highest BCUT2D eigenvalue weighted by Gasteiger charge is 1.95. The third-order valence-electron chi connectivity index (χ3n) is 1.58. The van der Waals surface area contributed by atoms with Gasteiger partial charge in [0, 0.05) is 18.0 Å². The summed E-state index contributed by atoms with van der Waals surface area (Å²) in [5.41, 5.74) is 1.36. The molecule has 0 aliphatic carbocycles. The predicted molar refractivity (Wildman–Crippen MR) is 63.2 cm³/mol. The Morgan fingerprint density at radius 1 is 1.54 bits per heavy atom. The summed E-state index contributed by atoms with van der Waals surface area (Å²) in [6.45, 7) is 6.14. The van der Waals surface area contributed by atoms with Gasteiger partial charge in [-0.2, -0.15) is 0 Å². The van der Waals surface area contributed by atoms with Crippen LogP contribution in [-0.2, 0) is 6.54 Å². The molecule has 72 valence electrons. The van der Waals surface area contributed by atoms with Gasteiger partial charge in [-0.1, -0.05) is 11.6 Å². The summed E-state index contributed by atoms with van der Waals surface area (Å²) in [5, 5.41) is 3.36. The number of hydrogen-bond donors (Lipinski definition) is 1. The lowest BCUT2D eigenvalue weighted by Gasteiger charge is -1.98. The monoisotopic (exact) mass is 259 g/mol. The number of rotatable bonds is 4. The quantitative estimate of drug-likeness (QED) is 0.644. The van der Waals surface area contributed by atoms with Crippen LogP contribution in [0.1, 0.15) is 18.7 Å². The molecule has 1 aromatic rings. The van der Waals surface area contributed by atoms with Crippen molar-refractivity contribution in [2.45, 2.75) is 20.4 Å². The highest BCUT2D eigenvalue weighted by atomic mass is 79.9. The van der Waals surface area contributed by atoms with Gasteiger partial charge in [-0.15, -0.1) is 11.3 Å². The minimum atomic E-state index is 0.956. The molecule has 0 unspecified atom stereocenters. The molecule has 0 saturated carbocycles. The molecule has 0 fully saturated rings. The topological polar surface area (TPSA) is 12.0 Å². The van der Waals surface area contributed by atoms with Crippen molar-refractivity contribution in [3.8, 4) is 0 Å². The van der Waals surface area contributed by atoms with Gasteiger partial charge in [0.2, 0.25) is 0 Å². The first-order chi connectivity index (χ1) is 6.18. The minimum Gasteiger partial charge on any atom is -0.308 e. The molecule has 0 radical (unpaired) electrons. The van der Waals surface area contributed by atoms with Crippen LogP contribution in [-0.4, -0.2) is 6.54 Å². The van der Waals surface area contributed by atoms with Gasteiger partial charge in [0.1, 0.15) is 0 Å². The molecule has 1 nitrogen and oxygen atoms in total. The molecule has 0 atom stereocenters. The Morgan fingerprint density at radius 2 is 2.31 bits per heavy atom. The summed E-state index contributed by atoms with van der Waals surface area (Å²) in [7, 11) is 0. The van der Waals surface area contributed by atoms with Crippen LogP contribution in [0.15, 0.2) is 27.6 Å². The maximum absolute atomic E-state index is 3.44. The van der Waals surface area contributed by atoms with Crippen LogP contribution in [0.5, 0.6) is 0 Å². The van der Waals surface area contributed by atoms with E-state index in [9.17, 15) is 0 Å². The highest BCUT2D eigenvalue weighted by molar-refractivity contribution is 9.11. The molecule has 0 aliphatic rings. The fourth-order valence-electron chi connectivity index (χ4n) is 0.918. The van der Waals surface area contributed by atoms with Crippen LogP contribution in [0.25, 0.3) is 0 Å². The molecule has 0 bridgehead atoms. The normalized spacial score (nSPS) is 10.1. The van der Waals surface area contributed by atoms with E-state index in [1.165, 1.54) is 14.2 Å². The summed E-state index contributed by atoms with van der Waals surface area (Å²) < 4.78 is 1.20. The van der Waals surface area contributed by atoms with Crippen LogP contribution in [0, 0.1) is 0 Å². The molecule has 1 aromatic heterocycles. The Bertz CT molecular complexity index is 287. The van der Waals surface area contributed by atoms with Crippen LogP contribution < -0.4 is 5.32 Å². The average Bonchev–Trinajstić information content (AvgIpc) is 2.45. The summed E-state index contributed by atoms with van der Waals surface area (Å²) >= 11 is 5.22. The molecule has 0 amide bonds. The number of nitrogens with one attached hydrogen (secondary N) is 1. The van der Waals surface area contributed by atoms with Crippen molar-refractivity contribution >= 4 is 27.3 Å². The molecule has 0 saturated heterocycles. The van der Waals surface area contributed by atoms with E-state index in [2.05, 4.69) is 53.3 Å². The Balaban J connectivity index is 2.24. The zero-order valence-electron chi connectivity index (χ0n) is 7.93. The second-order valence-electron chi connectivity index (χ2n) is 3.12. The Labute approximate surface area is 92.0 Å².